The van der Waals surface area contributed by atoms with Crippen LogP contribution in [0.2, 0.25) is 0 Å². The molecule has 1 aliphatic rings. The number of amides is 2. The highest BCUT2D eigenvalue weighted by Crippen LogP contribution is 2.25. The molecule has 0 radical (unpaired) electrons. The third-order valence-corrected chi connectivity index (χ3v) is 3.87. The number of halogens is 3. The van der Waals surface area contributed by atoms with Crippen LogP contribution >= 0.6 is 0 Å². The predicted molar refractivity (Wildman–Crippen MR) is 84.0 cm³/mol. The molecule has 1 aromatic heterocycles. The van der Waals surface area contributed by atoms with Gasteiger partial charge >= 0.3 is 6.36 Å². The molecular formula is C17H15F3N2O4. The number of anilines is 1. The van der Waals surface area contributed by atoms with Gasteiger partial charge in [0.15, 0.2) is 0 Å². The van der Waals surface area contributed by atoms with Crippen molar-refractivity contribution in [2.75, 3.05) is 11.9 Å². The molecule has 1 atom stereocenters. The van der Waals surface area contributed by atoms with E-state index in [1.807, 2.05) is 0 Å². The standard InChI is InChI=1S/C17H15F3N2O4/c18-17(19,20)26-13-5-3-12(4-6-13)21-16(24)11-8-15(23)22(9-11)10-14-2-1-7-25-14/h1-7,11H,8-10H2,(H,21,24)/t11-/m0/s1. The molecule has 1 N–H and O–H groups in total. The van der Waals surface area contributed by atoms with Gasteiger partial charge in [-0.1, -0.05) is 0 Å². The molecule has 0 bridgehead atoms. The number of nitrogens with zero attached hydrogens (tertiary/aromatic N) is 1. The summed E-state index contributed by atoms with van der Waals surface area (Å²) in [6.45, 7) is 0.541. The van der Waals surface area contributed by atoms with Crippen LogP contribution in [0.1, 0.15) is 12.2 Å². The van der Waals surface area contributed by atoms with Crippen molar-refractivity contribution >= 4 is 17.5 Å². The van der Waals surface area contributed by atoms with E-state index in [9.17, 15) is 22.8 Å². The second-order valence-corrected chi connectivity index (χ2v) is 5.82. The summed E-state index contributed by atoms with van der Waals surface area (Å²) in [6, 6.07) is 8.27. The Kier molecular flexibility index (Phi) is 4.88. The Hall–Kier alpha value is -2.97. The topological polar surface area (TPSA) is 71.8 Å². The maximum Gasteiger partial charge on any atom is 0.573 e. The number of hydrogen-bond acceptors (Lipinski definition) is 4. The first-order valence-electron chi connectivity index (χ1n) is 7.77. The fraction of sp³-hybridized carbons (Fsp3) is 0.294. The summed E-state index contributed by atoms with van der Waals surface area (Å²) in [6.07, 6.45) is -3.19. The Morgan fingerprint density at radius 2 is 2.00 bits per heavy atom. The van der Waals surface area contributed by atoms with E-state index in [-0.39, 0.29) is 30.5 Å². The highest BCUT2D eigenvalue weighted by atomic mass is 19.4. The van der Waals surface area contributed by atoms with Crippen LogP contribution in [-0.2, 0) is 16.1 Å². The summed E-state index contributed by atoms with van der Waals surface area (Å²) in [5.74, 6) is -0.820. The minimum absolute atomic E-state index is 0.0712. The van der Waals surface area contributed by atoms with Crippen LogP contribution in [0.4, 0.5) is 18.9 Å². The summed E-state index contributed by atoms with van der Waals surface area (Å²) in [5, 5.41) is 2.60. The van der Waals surface area contributed by atoms with Gasteiger partial charge in [0.25, 0.3) is 0 Å². The number of furan rings is 1. The second kappa shape index (κ2) is 7.11. The molecular weight excluding hydrogens is 353 g/mol. The molecule has 1 aliphatic heterocycles. The summed E-state index contributed by atoms with van der Waals surface area (Å²) in [5.41, 5.74) is 0.321. The van der Waals surface area contributed by atoms with Gasteiger partial charge < -0.3 is 19.4 Å². The maximum atomic E-state index is 12.3. The summed E-state index contributed by atoms with van der Waals surface area (Å²) >= 11 is 0. The van der Waals surface area contributed by atoms with Crippen LogP contribution in [0.25, 0.3) is 0 Å². The van der Waals surface area contributed by atoms with Gasteiger partial charge in [-0.15, -0.1) is 13.2 Å². The Bertz CT molecular complexity index is 772. The van der Waals surface area contributed by atoms with Crippen LogP contribution < -0.4 is 10.1 Å². The number of benzene rings is 1. The van der Waals surface area contributed by atoms with E-state index in [1.54, 1.807) is 12.1 Å². The zero-order chi connectivity index (χ0) is 18.7. The molecule has 1 fully saturated rings. The molecule has 0 saturated carbocycles. The number of rotatable bonds is 5. The molecule has 6 nitrogen and oxygen atoms in total. The quantitative estimate of drug-likeness (QED) is 0.880. The zero-order valence-corrected chi connectivity index (χ0v) is 13.5. The molecule has 2 amide bonds. The summed E-state index contributed by atoms with van der Waals surface area (Å²) in [4.78, 5) is 25.9. The first kappa shape index (κ1) is 17.8. The Labute approximate surface area is 146 Å². The van der Waals surface area contributed by atoms with Gasteiger partial charge in [-0.3, -0.25) is 9.59 Å². The third kappa shape index (κ3) is 4.56. The molecule has 2 aromatic rings. The van der Waals surface area contributed by atoms with Gasteiger partial charge in [-0.05, 0) is 36.4 Å². The molecule has 2 heterocycles. The lowest BCUT2D eigenvalue weighted by Gasteiger charge is -2.15. The van der Waals surface area contributed by atoms with Crippen molar-refractivity contribution in [3.8, 4) is 5.75 Å². The maximum absolute atomic E-state index is 12.3. The molecule has 138 valence electrons. The number of hydrogen-bond donors (Lipinski definition) is 1. The number of nitrogens with one attached hydrogen (secondary N) is 1. The predicted octanol–water partition coefficient (Wildman–Crippen LogP) is 3.17. The van der Waals surface area contributed by atoms with Gasteiger partial charge in [0.05, 0.1) is 18.7 Å². The third-order valence-electron chi connectivity index (χ3n) is 3.87. The normalized spacial score (nSPS) is 17.4. The van der Waals surface area contributed by atoms with Gasteiger partial charge in [-0.25, -0.2) is 0 Å². The van der Waals surface area contributed by atoms with Crippen LogP contribution in [0.3, 0.4) is 0 Å². The largest absolute Gasteiger partial charge is 0.573 e. The highest BCUT2D eigenvalue weighted by Gasteiger charge is 2.35. The van der Waals surface area contributed by atoms with Crippen LogP contribution in [0.5, 0.6) is 5.75 Å². The van der Waals surface area contributed by atoms with Crippen LogP contribution in [-0.4, -0.2) is 29.6 Å². The van der Waals surface area contributed by atoms with Gasteiger partial charge in [0.1, 0.15) is 11.5 Å². The smallest absolute Gasteiger partial charge is 0.467 e. The zero-order valence-electron chi connectivity index (χ0n) is 13.5. The fourth-order valence-electron chi connectivity index (χ4n) is 2.68. The summed E-state index contributed by atoms with van der Waals surface area (Å²) < 4.78 is 45.4. The molecule has 3 rings (SSSR count). The van der Waals surface area contributed by atoms with Crippen molar-refractivity contribution in [1.29, 1.82) is 0 Å². The van der Waals surface area contributed by atoms with E-state index in [0.717, 1.165) is 12.1 Å². The Balaban J connectivity index is 1.56. The van der Waals surface area contributed by atoms with Crippen molar-refractivity contribution in [2.45, 2.75) is 19.3 Å². The number of alkyl halides is 3. The van der Waals surface area contributed by atoms with E-state index in [0.29, 0.717) is 18.0 Å². The monoisotopic (exact) mass is 368 g/mol. The average molecular weight is 368 g/mol. The van der Waals surface area contributed by atoms with Gasteiger partial charge in [-0.2, -0.15) is 0 Å². The van der Waals surface area contributed by atoms with Crippen molar-refractivity contribution < 1.29 is 31.9 Å². The van der Waals surface area contributed by atoms with E-state index in [1.165, 1.54) is 23.3 Å². The van der Waals surface area contributed by atoms with Crippen molar-refractivity contribution in [2.24, 2.45) is 5.92 Å². The SMILES string of the molecule is O=C(Nc1ccc(OC(F)(F)F)cc1)[C@H]1CC(=O)N(Cc2ccco2)C1. The molecule has 0 spiro atoms. The fourth-order valence-corrected chi connectivity index (χ4v) is 2.68. The second-order valence-electron chi connectivity index (χ2n) is 5.82. The number of likely N-dealkylation sites (tertiary alicyclic amines) is 1. The number of carbonyl (C=O) groups is 2. The Morgan fingerprint density at radius 1 is 1.27 bits per heavy atom. The van der Waals surface area contributed by atoms with Crippen molar-refractivity contribution in [3.05, 3.63) is 48.4 Å². The first-order chi connectivity index (χ1) is 12.3. The van der Waals surface area contributed by atoms with Crippen LogP contribution in [0, 0.1) is 5.92 Å². The average Bonchev–Trinajstić information content (AvgIpc) is 3.19. The van der Waals surface area contributed by atoms with Crippen molar-refractivity contribution in [3.63, 3.8) is 0 Å². The molecule has 1 aromatic carbocycles. The lowest BCUT2D eigenvalue weighted by atomic mass is 10.1. The Morgan fingerprint density at radius 3 is 2.62 bits per heavy atom. The lowest BCUT2D eigenvalue weighted by Crippen LogP contribution is -2.27. The number of carbonyl (C=O) groups excluding carboxylic acids is 2. The van der Waals surface area contributed by atoms with Gasteiger partial charge in [0.2, 0.25) is 11.8 Å². The van der Waals surface area contributed by atoms with E-state index < -0.39 is 12.3 Å². The molecule has 0 unspecified atom stereocenters. The molecule has 1 saturated heterocycles. The lowest BCUT2D eigenvalue weighted by molar-refractivity contribution is -0.274. The first-order valence-corrected chi connectivity index (χ1v) is 7.77. The highest BCUT2D eigenvalue weighted by molar-refractivity contribution is 5.97. The van der Waals surface area contributed by atoms with E-state index in [4.69, 9.17) is 4.42 Å². The minimum atomic E-state index is -4.77. The van der Waals surface area contributed by atoms with E-state index in [2.05, 4.69) is 10.1 Å². The molecule has 26 heavy (non-hydrogen) atoms. The van der Waals surface area contributed by atoms with Gasteiger partial charge in [0, 0.05) is 18.7 Å². The van der Waals surface area contributed by atoms with E-state index >= 15 is 0 Å². The summed E-state index contributed by atoms with van der Waals surface area (Å²) in [7, 11) is 0. The minimum Gasteiger partial charge on any atom is -0.467 e. The number of ether oxygens (including phenoxy) is 1. The van der Waals surface area contributed by atoms with Crippen molar-refractivity contribution in [1.82, 2.24) is 4.90 Å². The molecule has 9 heteroatoms. The van der Waals surface area contributed by atoms with Crippen LogP contribution in [0.15, 0.2) is 47.1 Å². The molecule has 0 aliphatic carbocycles.